The first-order chi connectivity index (χ1) is 14.2. The van der Waals surface area contributed by atoms with Crippen LogP contribution in [0.25, 0.3) is 22.3 Å². The molecule has 0 saturated heterocycles. The zero-order chi connectivity index (χ0) is 20.1. The van der Waals surface area contributed by atoms with E-state index in [-0.39, 0.29) is 12.1 Å². The maximum Gasteiger partial charge on any atom is 0.261 e. The highest BCUT2D eigenvalue weighted by Gasteiger charge is 2.15. The fourth-order valence-corrected chi connectivity index (χ4v) is 3.31. The molecule has 1 atom stereocenters. The minimum Gasteiger partial charge on any atom is -0.390 e. The van der Waals surface area contributed by atoms with E-state index in [1.807, 2.05) is 60.7 Å². The summed E-state index contributed by atoms with van der Waals surface area (Å²) in [6.07, 6.45) is 2.77. The number of aromatic nitrogens is 3. The van der Waals surface area contributed by atoms with Gasteiger partial charge in [0, 0.05) is 31.0 Å². The summed E-state index contributed by atoms with van der Waals surface area (Å²) in [5, 5.41) is 14.3. The third-order valence-corrected chi connectivity index (χ3v) is 4.72. The lowest BCUT2D eigenvalue weighted by atomic mass is 10.1. The first-order valence-electron chi connectivity index (χ1n) is 9.55. The monoisotopic (exact) mass is 386 g/mol. The lowest BCUT2D eigenvalue weighted by molar-refractivity contribution is 0.150. The fourth-order valence-electron chi connectivity index (χ4n) is 3.31. The van der Waals surface area contributed by atoms with Gasteiger partial charge in [0.15, 0.2) is 0 Å². The fraction of sp³-hybridized carbons (Fsp3) is 0.174. The molecule has 2 N–H and O–H groups in total. The molecule has 29 heavy (non-hydrogen) atoms. The van der Waals surface area contributed by atoms with Gasteiger partial charge in [-0.15, -0.1) is 0 Å². The molecule has 0 aliphatic carbocycles. The van der Waals surface area contributed by atoms with Crippen LogP contribution in [-0.4, -0.2) is 32.3 Å². The molecule has 0 fully saturated rings. The van der Waals surface area contributed by atoms with Gasteiger partial charge >= 0.3 is 0 Å². The zero-order valence-corrected chi connectivity index (χ0v) is 15.9. The molecule has 4 rings (SSSR count). The van der Waals surface area contributed by atoms with E-state index >= 15 is 0 Å². The van der Waals surface area contributed by atoms with Gasteiger partial charge < -0.3 is 10.4 Å². The largest absolute Gasteiger partial charge is 0.390 e. The zero-order valence-electron chi connectivity index (χ0n) is 15.9. The molecule has 0 radical (unpaired) electrons. The van der Waals surface area contributed by atoms with Crippen molar-refractivity contribution in [1.82, 2.24) is 19.9 Å². The van der Waals surface area contributed by atoms with Gasteiger partial charge in [0.25, 0.3) is 5.56 Å². The number of rotatable bonds is 7. The molecule has 2 aromatic carbocycles. The lowest BCUT2D eigenvalue weighted by Crippen LogP contribution is -2.35. The molecule has 0 saturated carbocycles. The van der Waals surface area contributed by atoms with Crippen molar-refractivity contribution < 1.29 is 5.11 Å². The molecular weight excluding hydrogens is 364 g/mol. The Kier molecular flexibility index (Phi) is 5.74. The molecule has 4 aromatic rings. The quantitative estimate of drug-likeness (QED) is 0.510. The summed E-state index contributed by atoms with van der Waals surface area (Å²) < 4.78 is 1.56. The van der Waals surface area contributed by atoms with Crippen molar-refractivity contribution in [3.05, 3.63) is 95.0 Å². The molecule has 0 amide bonds. The van der Waals surface area contributed by atoms with Crippen LogP contribution >= 0.6 is 0 Å². The van der Waals surface area contributed by atoms with E-state index in [4.69, 9.17) is 4.98 Å². The highest BCUT2D eigenvalue weighted by atomic mass is 16.3. The Hall–Kier alpha value is -3.35. The number of aliphatic hydroxyl groups is 1. The Balaban J connectivity index is 1.60. The summed E-state index contributed by atoms with van der Waals surface area (Å²) in [5.41, 5.74) is 2.37. The van der Waals surface area contributed by atoms with Crippen LogP contribution in [0.15, 0.2) is 83.9 Å². The van der Waals surface area contributed by atoms with E-state index in [0.717, 1.165) is 11.1 Å². The molecule has 6 nitrogen and oxygen atoms in total. The Bertz CT molecular complexity index is 1140. The summed E-state index contributed by atoms with van der Waals surface area (Å²) in [4.78, 5) is 21.9. The topological polar surface area (TPSA) is 80.0 Å². The highest BCUT2D eigenvalue weighted by Crippen LogP contribution is 2.19. The van der Waals surface area contributed by atoms with Crippen molar-refractivity contribution in [2.45, 2.75) is 19.2 Å². The predicted molar refractivity (Wildman–Crippen MR) is 113 cm³/mol. The Morgan fingerprint density at radius 3 is 2.59 bits per heavy atom. The Morgan fingerprint density at radius 2 is 1.79 bits per heavy atom. The van der Waals surface area contributed by atoms with E-state index in [1.54, 1.807) is 23.0 Å². The van der Waals surface area contributed by atoms with Crippen LogP contribution in [0.3, 0.4) is 0 Å². The Labute approximate surface area is 168 Å². The van der Waals surface area contributed by atoms with Gasteiger partial charge in [-0.25, -0.2) is 4.98 Å². The van der Waals surface area contributed by atoms with E-state index in [9.17, 15) is 9.90 Å². The molecule has 2 aromatic heterocycles. The van der Waals surface area contributed by atoms with Crippen LogP contribution in [0, 0.1) is 0 Å². The van der Waals surface area contributed by atoms with Crippen molar-refractivity contribution >= 4 is 10.9 Å². The molecule has 146 valence electrons. The molecule has 0 aliphatic heterocycles. The second-order valence-electron chi connectivity index (χ2n) is 6.88. The second-order valence-corrected chi connectivity index (χ2v) is 6.88. The third kappa shape index (κ3) is 4.39. The van der Waals surface area contributed by atoms with Gasteiger partial charge in [-0.05, 0) is 23.8 Å². The lowest BCUT2D eigenvalue weighted by Gasteiger charge is -2.18. The van der Waals surface area contributed by atoms with Crippen LogP contribution in [0.5, 0.6) is 0 Å². The SMILES string of the molecule is O=c1c2ccccc2nc(-c2ccccc2)n1CC(O)CNCc1cccnc1. The number of nitrogens with one attached hydrogen (secondary N) is 1. The second kappa shape index (κ2) is 8.77. The Morgan fingerprint density at radius 1 is 1.00 bits per heavy atom. The van der Waals surface area contributed by atoms with Gasteiger partial charge in [-0.3, -0.25) is 14.3 Å². The van der Waals surface area contributed by atoms with Crippen LogP contribution < -0.4 is 10.9 Å². The number of fused-ring (bicyclic) bond motifs is 1. The summed E-state index contributed by atoms with van der Waals surface area (Å²) >= 11 is 0. The van der Waals surface area contributed by atoms with Crippen LogP contribution in [-0.2, 0) is 13.1 Å². The van der Waals surface area contributed by atoms with E-state index in [2.05, 4.69) is 10.3 Å². The molecule has 2 heterocycles. The summed E-state index contributed by atoms with van der Waals surface area (Å²) in [6.45, 7) is 1.10. The summed E-state index contributed by atoms with van der Waals surface area (Å²) in [7, 11) is 0. The standard InChI is InChI=1S/C23H22N4O2/c28-19(15-25-14-17-7-6-12-24-13-17)16-27-22(18-8-2-1-3-9-18)26-21-11-5-4-10-20(21)23(27)29/h1-13,19,25,28H,14-16H2. The smallest absolute Gasteiger partial charge is 0.261 e. The van der Waals surface area contributed by atoms with Gasteiger partial charge in [0.05, 0.1) is 23.6 Å². The van der Waals surface area contributed by atoms with Gasteiger partial charge in [-0.1, -0.05) is 48.5 Å². The molecule has 0 bridgehead atoms. The first kappa shape index (κ1) is 19.0. The highest BCUT2D eigenvalue weighted by molar-refractivity contribution is 5.79. The van der Waals surface area contributed by atoms with Crippen molar-refractivity contribution in [3.8, 4) is 11.4 Å². The van der Waals surface area contributed by atoms with Gasteiger partial charge in [0.2, 0.25) is 0 Å². The molecule has 0 spiro atoms. The molecule has 6 heteroatoms. The van der Waals surface area contributed by atoms with Crippen molar-refractivity contribution in [2.75, 3.05) is 6.54 Å². The summed E-state index contributed by atoms with van der Waals surface area (Å²) in [5.74, 6) is 0.556. The van der Waals surface area contributed by atoms with Crippen molar-refractivity contribution in [3.63, 3.8) is 0 Å². The van der Waals surface area contributed by atoms with Gasteiger partial charge in [-0.2, -0.15) is 0 Å². The number of nitrogens with zero attached hydrogens (tertiary/aromatic N) is 3. The average Bonchev–Trinajstić information content (AvgIpc) is 2.77. The van der Waals surface area contributed by atoms with Gasteiger partial charge in [0.1, 0.15) is 5.82 Å². The summed E-state index contributed by atoms with van der Waals surface area (Å²) in [6, 6.07) is 20.7. The minimum absolute atomic E-state index is 0.152. The van der Waals surface area contributed by atoms with Crippen LogP contribution in [0.2, 0.25) is 0 Å². The number of pyridine rings is 1. The minimum atomic E-state index is -0.741. The van der Waals surface area contributed by atoms with E-state index < -0.39 is 6.10 Å². The average molecular weight is 386 g/mol. The molecular formula is C23H22N4O2. The van der Waals surface area contributed by atoms with E-state index in [0.29, 0.717) is 29.8 Å². The number of hydrogen-bond donors (Lipinski definition) is 2. The predicted octanol–water partition coefficient (Wildman–Crippen LogP) is 2.61. The third-order valence-electron chi connectivity index (χ3n) is 4.72. The first-order valence-corrected chi connectivity index (χ1v) is 9.55. The molecule has 1 unspecified atom stereocenters. The normalized spacial score (nSPS) is 12.2. The number of benzene rings is 2. The number of hydrogen-bond acceptors (Lipinski definition) is 5. The maximum atomic E-state index is 13.1. The maximum absolute atomic E-state index is 13.1. The van der Waals surface area contributed by atoms with E-state index in [1.165, 1.54) is 0 Å². The number of aliphatic hydroxyl groups excluding tert-OH is 1. The number of para-hydroxylation sites is 1. The van der Waals surface area contributed by atoms with Crippen LogP contribution in [0.1, 0.15) is 5.56 Å². The van der Waals surface area contributed by atoms with Crippen LogP contribution in [0.4, 0.5) is 0 Å². The molecule has 0 aliphatic rings. The van der Waals surface area contributed by atoms with Crippen molar-refractivity contribution in [2.24, 2.45) is 0 Å². The van der Waals surface area contributed by atoms with Crippen molar-refractivity contribution in [1.29, 1.82) is 0 Å².